The maximum absolute atomic E-state index is 11.1. The molecule has 0 radical (unpaired) electrons. The van der Waals surface area contributed by atoms with E-state index in [0.717, 1.165) is 32.5 Å². The van der Waals surface area contributed by atoms with Gasteiger partial charge in [0.2, 0.25) is 0 Å². The molecule has 0 bridgehead atoms. The van der Waals surface area contributed by atoms with Crippen molar-refractivity contribution in [3.05, 3.63) is 71.8 Å². The van der Waals surface area contributed by atoms with E-state index in [-0.39, 0.29) is 24.0 Å². The van der Waals surface area contributed by atoms with Crippen molar-refractivity contribution in [1.29, 1.82) is 0 Å². The summed E-state index contributed by atoms with van der Waals surface area (Å²) in [5.74, 6) is -0.725. The molecule has 1 heterocycles. The van der Waals surface area contributed by atoms with Crippen LogP contribution in [0.25, 0.3) is 0 Å². The Kier molecular flexibility index (Phi) is 6.87. The second-order valence-electron chi connectivity index (χ2n) is 8.55. The third-order valence-electron chi connectivity index (χ3n) is 5.35. The van der Waals surface area contributed by atoms with Crippen molar-refractivity contribution in [2.45, 2.75) is 45.3 Å². The maximum Gasteiger partial charge on any atom is 0.303 e. The zero-order valence-electron chi connectivity index (χ0n) is 16.9. The van der Waals surface area contributed by atoms with Gasteiger partial charge < -0.3 is 14.7 Å². The van der Waals surface area contributed by atoms with Gasteiger partial charge in [-0.05, 0) is 29.4 Å². The standard InChI is InChI=1S/C24H31NO3/c1-24(2,17-22(26)27)18-25-15-13-21(14-16-25)28-23(19-9-5-3-6-10-19)20-11-7-4-8-12-20/h3-12,21,23H,13-18H2,1-2H3,(H,26,27). The summed E-state index contributed by atoms with van der Waals surface area (Å²) >= 11 is 0. The SMILES string of the molecule is CC(C)(CC(=O)O)CN1CCC(OC(c2ccccc2)c2ccccc2)CC1. The van der Waals surface area contributed by atoms with Crippen LogP contribution in [0.5, 0.6) is 0 Å². The molecule has 1 saturated heterocycles. The molecule has 4 nitrogen and oxygen atoms in total. The summed E-state index contributed by atoms with van der Waals surface area (Å²) in [5.41, 5.74) is 2.15. The van der Waals surface area contributed by atoms with Crippen molar-refractivity contribution >= 4 is 5.97 Å². The summed E-state index contributed by atoms with van der Waals surface area (Å²) in [6.07, 6.45) is 2.30. The highest BCUT2D eigenvalue weighted by molar-refractivity contribution is 5.67. The molecule has 0 spiro atoms. The number of aliphatic carboxylic acids is 1. The van der Waals surface area contributed by atoms with E-state index in [1.54, 1.807) is 0 Å². The van der Waals surface area contributed by atoms with Crippen LogP contribution in [-0.4, -0.2) is 41.7 Å². The van der Waals surface area contributed by atoms with Gasteiger partial charge in [-0.15, -0.1) is 0 Å². The predicted octanol–water partition coefficient (Wildman–Crippen LogP) is 4.76. The third-order valence-corrected chi connectivity index (χ3v) is 5.35. The number of ether oxygens (including phenoxy) is 1. The molecule has 3 rings (SSSR count). The molecule has 2 aromatic rings. The summed E-state index contributed by atoms with van der Waals surface area (Å²) < 4.78 is 6.59. The molecule has 1 fully saturated rings. The van der Waals surface area contributed by atoms with Crippen LogP contribution < -0.4 is 0 Å². The highest BCUT2D eigenvalue weighted by atomic mass is 16.5. The number of benzene rings is 2. The summed E-state index contributed by atoms with van der Waals surface area (Å²) in [6.45, 7) is 6.77. The largest absolute Gasteiger partial charge is 0.481 e. The van der Waals surface area contributed by atoms with Crippen LogP contribution >= 0.6 is 0 Å². The maximum atomic E-state index is 11.1. The number of carboxylic acids is 1. The van der Waals surface area contributed by atoms with Gasteiger partial charge in [0.25, 0.3) is 0 Å². The van der Waals surface area contributed by atoms with E-state index in [4.69, 9.17) is 9.84 Å². The monoisotopic (exact) mass is 381 g/mol. The molecule has 4 heteroatoms. The minimum atomic E-state index is -0.725. The number of hydrogen-bond donors (Lipinski definition) is 1. The molecule has 28 heavy (non-hydrogen) atoms. The fourth-order valence-corrected chi connectivity index (χ4v) is 4.07. The minimum absolute atomic E-state index is 0.0533. The second-order valence-corrected chi connectivity index (χ2v) is 8.55. The molecule has 0 amide bonds. The van der Waals surface area contributed by atoms with Gasteiger partial charge in [-0.2, -0.15) is 0 Å². The molecule has 1 N–H and O–H groups in total. The Labute approximate surface area is 168 Å². The lowest BCUT2D eigenvalue weighted by atomic mass is 9.88. The van der Waals surface area contributed by atoms with E-state index in [2.05, 4.69) is 53.4 Å². The highest BCUT2D eigenvalue weighted by Gasteiger charge is 2.29. The third kappa shape index (κ3) is 5.91. The Morgan fingerprint density at radius 3 is 2.00 bits per heavy atom. The summed E-state index contributed by atoms with van der Waals surface area (Å²) in [7, 11) is 0. The van der Waals surface area contributed by atoms with E-state index in [1.807, 2.05) is 26.0 Å². The van der Waals surface area contributed by atoms with Gasteiger partial charge in [0, 0.05) is 19.6 Å². The molecular weight excluding hydrogens is 350 g/mol. The molecule has 150 valence electrons. The Morgan fingerprint density at radius 1 is 1.04 bits per heavy atom. The summed E-state index contributed by atoms with van der Waals surface area (Å²) in [5, 5.41) is 9.10. The van der Waals surface area contributed by atoms with Gasteiger partial charge in [0.05, 0.1) is 12.5 Å². The summed E-state index contributed by atoms with van der Waals surface area (Å²) in [6, 6.07) is 20.8. The number of nitrogens with zero attached hydrogens (tertiary/aromatic N) is 1. The van der Waals surface area contributed by atoms with Crippen molar-refractivity contribution in [2.75, 3.05) is 19.6 Å². The number of likely N-dealkylation sites (tertiary alicyclic amines) is 1. The molecular formula is C24H31NO3. The van der Waals surface area contributed by atoms with Crippen LogP contribution in [0.1, 0.15) is 50.3 Å². The van der Waals surface area contributed by atoms with Crippen molar-refractivity contribution in [3.8, 4) is 0 Å². The first-order valence-electron chi connectivity index (χ1n) is 10.1. The number of hydrogen-bond acceptors (Lipinski definition) is 3. The smallest absolute Gasteiger partial charge is 0.303 e. The molecule has 0 atom stereocenters. The van der Waals surface area contributed by atoms with E-state index < -0.39 is 5.97 Å². The Morgan fingerprint density at radius 2 is 1.54 bits per heavy atom. The lowest BCUT2D eigenvalue weighted by Crippen LogP contribution is -2.42. The molecule has 0 aliphatic carbocycles. The topological polar surface area (TPSA) is 49.8 Å². The molecule has 0 aromatic heterocycles. The van der Waals surface area contributed by atoms with Crippen LogP contribution in [0.2, 0.25) is 0 Å². The van der Waals surface area contributed by atoms with Gasteiger partial charge in [0.15, 0.2) is 0 Å². The van der Waals surface area contributed by atoms with Crippen LogP contribution in [0.15, 0.2) is 60.7 Å². The predicted molar refractivity (Wildman–Crippen MR) is 111 cm³/mol. The van der Waals surface area contributed by atoms with E-state index in [9.17, 15) is 4.79 Å². The van der Waals surface area contributed by atoms with Gasteiger partial charge in [-0.1, -0.05) is 74.5 Å². The highest BCUT2D eigenvalue weighted by Crippen LogP contribution is 2.31. The van der Waals surface area contributed by atoms with Crippen LogP contribution in [-0.2, 0) is 9.53 Å². The molecule has 0 saturated carbocycles. The normalized spacial score (nSPS) is 16.4. The molecule has 1 aliphatic heterocycles. The zero-order chi connectivity index (χ0) is 20.0. The quantitative estimate of drug-likeness (QED) is 0.716. The Balaban J connectivity index is 1.61. The average Bonchev–Trinajstić information content (AvgIpc) is 2.67. The average molecular weight is 382 g/mol. The van der Waals surface area contributed by atoms with Crippen molar-refractivity contribution in [3.63, 3.8) is 0 Å². The van der Waals surface area contributed by atoms with Crippen molar-refractivity contribution in [2.24, 2.45) is 5.41 Å². The number of carboxylic acid groups (broad SMARTS) is 1. The first kappa shape index (κ1) is 20.6. The van der Waals surface area contributed by atoms with Crippen molar-refractivity contribution < 1.29 is 14.6 Å². The van der Waals surface area contributed by atoms with Gasteiger partial charge in [-0.3, -0.25) is 4.79 Å². The van der Waals surface area contributed by atoms with Gasteiger partial charge in [0.1, 0.15) is 6.10 Å². The lowest BCUT2D eigenvalue weighted by molar-refractivity contribution is -0.139. The molecule has 2 aromatic carbocycles. The van der Waals surface area contributed by atoms with E-state index in [1.165, 1.54) is 11.1 Å². The Hall–Kier alpha value is -2.17. The number of piperidine rings is 1. The lowest BCUT2D eigenvalue weighted by Gasteiger charge is -2.38. The summed E-state index contributed by atoms with van der Waals surface area (Å²) in [4.78, 5) is 13.4. The van der Waals surface area contributed by atoms with E-state index >= 15 is 0 Å². The zero-order valence-corrected chi connectivity index (χ0v) is 16.9. The fraction of sp³-hybridized carbons (Fsp3) is 0.458. The van der Waals surface area contributed by atoms with Gasteiger partial charge >= 0.3 is 5.97 Å². The van der Waals surface area contributed by atoms with Gasteiger partial charge in [-0.25, -0.2) is 0 Å². The number of rotatable bonds is 8. The fourth-order valence-electron chi connectivity index (χ4n) is 4.07. The minimum Gasteiger partial charge on any atom is -0.481 e. The Bertz CT molecular complexity index is 697. The number of carbonyl (C=O) groups is 1. The first-order chi connectivity index (χ1) is 13.4. The van der Waals surface area contributed by atoms with E-state index in [0.29, 0.717) is 0 Å². The van der Waals surface area contributed by atoms with Crippen LogP contribution in [0.4, 0.5) is 0 Å². The first-order valence-corrected chi connectivity index (χ1v) is 10.1. The second kappa shape index (κ2) is 9.35. The molecule has 1 aliphatic rings. The van der Waals surface area contributed by atoms with Crippen molar-refractivity contribution in [1.82, 2.24) is 4.90 Å². The molecule has 0 unspecified atom stereocenters. The van der Waals surface area contributed by atoms with Crippen LogP contribution in [0.3, 0.4) is 0 Å². The van der Waals surface area contributed by atoms with Crippen LogP contribution in [0, 0.1) is 5.41 Å².